The fourth-order valence-electron chi connectivity index (χ4n) is 4.99. The van der Waals surface area contributed by atoms with Crippen molar-refractivity contribution in [2.45, 2.75) is 5.54 Å². The highest BCUT2D eigenvalue weighted by Crippen LogP contribution is 2.53. The number of methoxy groups -OCH3 is 1. The van der Waals surface area contributed by atoms with Crippen LogP contribution in [-0.2, 0) is 24.7 Å². The molecule has 180 valence electrons. The minimum Gasteiger partial charge on any atom is -0.507 e. The summed E-state index contributed by atoms with van der Waals surface area (Å²) >= 11 is 0. The van der Waals surface area contributed by atoms with E-state index in [1.165, 1.54) is 23.0 Å². The van der Waals surface area contributed by atoms with E-state index in [1.54, 1.807) is 42.5 Å². The number of anilines is 1. The normalized spacial score (nSPS) is 22.1. The van der Waals surface area contributed by atoms with Crippen LogP contribution in [0.2, 0.25) is 0 Å². The second kappa shape index (κ2) is 8.59. The zero-order valence-electron chi connectivity index (χ0n) is 19.2. The second-order valence-electron chi connectivity index (χ2n) is 8.29. The van der Waals surface area contributed by atoms with Crippen LogP contribution in [0.15, 0.2) is 60.7 Å². The number of aliphatic hydroxyl groups is 1. The van der Waals surface area contributed by atoms with Crippen LogP contribution >= 0.6 is 0 Å². The molecule has 1 atom stereocenters. The molecule has 0 radical (unpaired) electrons. The van der Waals surface area contributed by atoms with Gasteiger partial charge in [-0.1, -0.05) is 24.3 Å². The average Bonchev–Trinajstić information content (AvgIpc) is 3.25. The monoisotopic (exact) mass is 476 g/mol. The van der Waals surface area contributed by atoms with Gasteiger partial charge in [-0.2, -0.15) is 0 Å². The lowest BCUT2D eigenvalue weighted by molar-refractivity contribution is -0.144. The Morgan fingerprint density at radius 2 is 1.89 bits per heavy atom. The molecule has 2 aromatic rings. The van der Waals surface area contributed by atoms with Crippen LogP contribution in [0.4, 0.5) is 5.69 Å². The van der Waals surface area contributed by atoms with E-state index in [0.29, 0.717) is 36.0 Å². The largest absolute Gasteiger partial charge is 0.507 e. The highest BCUT2D eigenvalue weighted by Gasteiger charge is 2.66. The van der Waals surface area contributed by atoms with E-state index in [9.17, 15) is 19.5 Å². The molecule has 1 fully saturated rings. The Hall–Kier alpha value is -4.11. The van der Waals surface area contributed by atoms with Crippen molar-refractivity contribution in [2.75, 3.05) is 44.9 Å². The van der Waals surface area contributed by atoms with Crippen molar-refractivity contribution < 1.29 is 33.7 Å². The molecule has 1 N–H and O–H groups in total. The molecule has 2 aromatic carbocycles. The molecule has 0 saturated carbocycles. The highest BCUT2D eigenvalue weighted by atomic mass is 16.6. The third kappa shape index (κ3) is 3.15. The number of fused-ring (bicyclic) bond motifs is 3. The van der Waals surface area contributed by atoms with Gasteiger partial charge in [0.05, 0.1) is 17.9 Å². The molecule has 3 aliphatic rings. The van der Waals surface area contributed by atoms with Gasteiger partial charge in [0.15, 0.2) is 17.0 Å². The first-order valence-electron chi connectivity index (χ1n) is 11.2. The summed E-state index contributed by atoms with van der Waals surface area (Å²) in [6.45, 7) is 4.70. The van der Waals surface area contributed by atoms with E-state index in [2.05, 4.69) is 6.58 Å². The number of hydrogen-bond acceptors (Lipinski definition) is 7. The van der Waals surface area contributed by atoms with Crippen molar-refractivity contribution in [3.8, 4) is 11.5 Å². The molecule has 1 spiro atoms. The zero-order chi connectivity index (χ0) is 24.7. The predicted molar refractivity (Wildman–Crippen MR) is 126 cm³/mol. The molecule has 5 rings (SSSR count). The number of para-hydroxylation sites is 1. The lowest BCUT2D eigenvalue weighted by Gasteiger charge is -2.34. The summed E-state index contributed by atoms with van der Waals surface area (Å²) in [6, 6.07) is 11.6. The summed E-state index contributed by atoms with van der Waals surface area (Å²) in [5.41, 5.74) is -0.940. The lowest BCUT2D eigenvalue weighted by atomic mass is 9.82. The molecular formula is C26H24N2O7. The zero-order valence-corrected chi connectivity index (χ0v) is 19.2. The molecule has 1 saturated heterocycles. The maximum absolute atomic E-state index is 14.1. The summed E-state index contributed by atoms with van der Waals surface area (Å²) in [6.07, 6.45) is 1.57. The number of carbonyl (C=O) groups excluding carboxylic acids is 3. The number of hydrogen-bond donors (Lipinski definition) is 1. The second-order valence-corrected chi connectivity index (χ2v) is 8.29. The molecule has 2 amide bonds. The topological polar surface area (TPSA) is 106 Å². The fourth-order valence-corrected chi connectivity index (χ4v) is 4.99. The maximum atomic E-state index is 14.1. The number of rotatable bonds is 6. The molecule has 9 heteroatoms. The van der Waals surface area contributed by atoms with E-state index < -0.39 is 28.9 Å². The van der Waals surface area contributed by atoms with Gasteiger partial charge in [-0.05, 0) is 24.3 Å². The minimum absolute atomic E-state index is 0.0268. The van der Waals surface area contributed by atoms with Crippen LogP contribution < -0.4 is 14.4 Å². The molecule has 0 bridgehead atoms. The van der Waals surface area contributed by atoms with Gasteiger partial charge in [-0.3, -0.25) is 14.4 Å². The van der Waals surface area contributed by atoms with Crippen molar-refractivity contribution in [3.63, 3.8) is 0 Å². The van der Waals surface area contributed by atoms with E-state index >= 15 is 0 Å². The molecular weight excluding hydrogens is 452 g/mol. The number of nitrogens with zero attached hydrogens (tertiary/aromatic N) is 2. The predicted octanol–water partition coefficient (Wildman–Crippen LogP) is 2.21. The van der Waals surface area contributed by atoms with Gasteiger partial charge in [-0.15, -0.1) is 6.58 Å². The molecule has 3 heterocycles. The molecule has 3 aliphatic heterocycles. The summed E-state index contributed by atoms with van der Waals surface area (Å²) in [5, 5.41) is 11.5. The third-order valence-electron chi connectivity index (χ3n) is 6.46. The highest BCUT2D eigenvalue weighted by molar-refractivity contribution is 6.50. The van der Waals surface area contributed by atoms with Gasteiger partial charge in [0.2, 0.25) is 0 Å². The Morgan fingerprint density at radius 3 is 2.63 bits per heavy atom. The Kier molecular flexibility index (Phi) is 5.56. The first-order valence-corrected chi connectivity index (χ1v) is 11.2. The van der Waals surface area contributed by atoms with Gasteiger partial charge in [0.25, 0.3) is 17.6 Å². The summed E-state index contributed by atoms with van der Waals surface area (Å²) in [4.78, 5) is 43.6. The summed E-state index contributed by atoms with van der Waals surface area (Å²) < 4.78 is 16.3. The van der Waals surface area contributed by atoms with Crippen LogP contribution in [-0.4, -0.2) is 67.6 Å². The van der Waals surface area contributed by atoms with Crippen LogP contribution in [0.1, 0.15) is 11.1 Å². The van der Waals surface area contributed by atoms with E-state index in [4.69, 9.17) is 14.2 Å². The van der Waals surface area contributed by atoms with Gasteiger partial charge >= 0.3 is 0 Å². The standard InChI is InChI=1S/C26H24N2O7/c1-3-10-27-18-7-5-4-6-17(18)26(25(27)32)21(23(30)24(31)28(26)11-12-33-2)22(29)16-8-9-19-20(15-16)35-14-13-34-19/h3-9,15,29H,1,10-14H2,2H3/b22-21-/t26-/m1/s1. The lowest BCUT2D eigenvalue weighted by Crippen LogP contribution is -2.52. The van der Waals surface area contributed by atoms with Crippen molar-refractivity contribution in [2.24, 2.45) is 0 Å². The Balaban J connectivity index is 1.78. The number of ether oxygens (including phenoxy) is 3. The number of amides is 2. The van der Waals surface area contributed by atoms with Crippen molar-refractivity contribution in [1.29, 1.82) is 0 Å². The first kappa shape index (κ1) is 22.7. The van der Waals surface area contributed by atoms with Crippen LogP contribution in [0.3, 0.4) is 0 Å². The summed E-state index contributed by atoms with van der Waals surface area (Å²) in [5.74, 6) is -1.92. The third-order valence-corrected chi connectivity index (χ3v) is 6.46. The Morgan fingerprint density at radius 1 is 1.14 bits per heavy atom. The SMILES string of the molecule is C=CCN1C(=O)[C@]2(/C(=C(\O)c3ccc4c(c3)OCCO4)C(=O)C(=O)N2CCOC)c2ccccc21. The maximum Gasteiger partial charge on any atom is 0.296 e. The van der Waals surface area contributed by atoms with E-state index in [1.807, 2.05) is 0 Å². The van der Waals surface area contributed by atoms with Gasteiger partial charge in [-0.25, -0.2) is 0 Å². The number of Topliss-reactive ketones (excluding diaryl/α,β-unsaturated/α-hetero) is 1. The molecule has 0 aromatic heterocycles. The molecule has 35 heavy (non-hydrogen) atoms. The smallest absolute Gasteiger partial charge is 0.296 e. The Bertz CT molecular complexity index is 1280. The first-order chi connectivity index (χ1) is 17.0. The van der Waals surface area contributed by atoms with Crippen LogP contribution in [0.25, 0.3) is 5.76 Å². The number of ketones is 1. The minimum atomic E-state index is -1.84. The van der Waals surface area contributed by atoms with Gasteiger partial charge in [0.1, 0.15) is 19.0 Å². The van der Waals surface area contributed by atoms with Crippen LogP contribution in [0, 0.1) is 0 Å². The molecule has 9 nitrogen and oxygen atoms in total. The molecule has 0 unspecified atom stereocenters. The van der Waals surface area contributed by atoms with E-state index in [0.717, 1.165) is 0 Å². The number of aliphatic hydroxyl groups excluding tert-OH is 1. The van der Waals surface area contributed by atoms with Gasteiger partial charge in [0, 0.05) is 31.3 Å². The summed E-state index contributed by atoms with van der Waals surface area (Å²) in [7, 11) is 1.47. The average molecular weight is 476 g/mol. The van der Waals surface area contributed by atoms with Crippen molar-refractivity contribution >= 4 is 29.0 Å². The fraction of sp³-hybridized carbons (Fsp3) is 0.269. The van der Waals surface area contributed by atoms with Crippen LogP contribution in [0.5, 0.6) is 11.5 Å². The number of carbonyl (C=O) groups is 3. The van der Waals surface area contributed by atoms with Gasteiger partial charge < -0.3 is 29.1 Å². The van der Waals surface area contributed by atoms with Crippen molar-refractivity contribution in [1.82, 2.24) is 4.90 Å². The quantitative estimate of drug-likeness (QED) is 0.295. The van der Waals surface area contributed by atoms with Crippen molar-refractivity contribution in [3.05, 3.63) is 71.8 Å². The molecule has 0 aliphatic carbocycles. The van der Waals surface area contributed by atoms with E-state index in [-0.39, 0.29) is 30.8 Å². The number of likely N-dealkylation sites (tertiary alicyclic amines) is 1. The Labute approximate surface area is 201 Å². The number of benzene rings is 2.